The van der Waals surface area contributed by atoms with Crippen molar-refractivity contribution in [1.82, 2.24) is 10.8 Å². The van der Waals surface area contributed by atoms with Gasteiger partial charge in [-0.1, -0.05) is 67.2 Å². The molecule has 6 heteroatoms. The highest BCUT2D eigenvalue weighted by molar-refractivity contribution is 5.67. The maximum atomic E-state index is 10.5. The molecule has 0 aliphatic rings. The van der Waals surface area contributed by atoms with E-state index in [-0.39, 0.29) is 6.42 Å². The van der Waals surface area contributed by atoms with Gasteiger partial charge in [-0.15, -0.1) is 0 Å². The zero-order valence-corrected chi connectivity index (χ0v) is 18.1. The summed E-state index contributed by atoms with van der Waals surface area (Å²) >= 11 is 0. The molecule has 0 aromatic heterocycles. The van der Waals surface area contributed by atoms with Crippen molar-refractivity contribution in [2.45, 2.75) is 19.6 Å². The number of nitrogens with one attached hydrogen (secondary N) is 2. The van der Waals surface area contributed by atoms with Crippen molar-refractivity contribution in [3.63, 3.8) is 0 Å². The average Bonchev–Trinajstić information content (AvgIpc) is 2.82. The van der Waals surface area contributed by atoms with Crippen LogP contribution in [0.15, 0.2) is 79.4 Å². The van der Waals surface area contributed by atoms with Gasteiger partial charge in [0.1, 0.15) is 5.75 Å². The van der Waals surface area contributed by atoms with Crippen molar-refractivity contribution in [1.29, 1.82) is 0 Å². The lowest BCUT2D eigenvalue weighted by atomic mass is 10.0. The Bertz CT molecular complexity index is 1030. The van der Waals surface area contributed by atoms with Gasteiger partial charge in [0.15, 0.2) is 0 Å². The molecule has 0 unspecified atom stereocenters. The molecule has 3 aromatic rings. The van der Waals surface area contributed by atoms with Crippen LogP contribution >= 0.6 is 0 Å². The Balaban J connectivity index is 1.44. The first-order valence-corrected chi connectivity index (χ1v) is 10.4. The van der Waals surface area contributed by atoms with Crippen LogP contribution in [0.25, 0.3) is 16.8 Å². The van der Waals surface area contributed by atoms with E-state index in [9.17, 15) is 4.79 Å². The summed E-state index contributed by atoms with van der Waals surface area (Å²) in [5.74, 6) is 0.0307. The molecule has 3 N–H and O–H groups in total. The van der Waals surface area contributed by atoms with Crippen LogP contribution in [-0.4, -0.2) is 24.7 Å². The number of aliphatic carboxylic acids is 1. The number of methoxy groups -OCH3 is 1. The van der Waals surface area contributed by atoms with Crippen LogP contribution in [0.4, 0.5) is 0 Å². The minimum atomic E-state index is -0.803. The number of carboxylic acid groups (broad SMARTS) is 1. The molecule has 0 heterocycles. The molecular formula is C26H28N2O4. The molecule has 6 nitrogen and oxygen atoms in total. The Morgan fingerprint density at radius 3 is 2.38 bits per heavy atom. The summed E-state index contributed by atoms with van der Waals surface area (Å²) in [5, 5.41) is 11.8. The second kappa shape index (κ2) is 11.7. The molecule has 0 bridgehead atoms. The van der Waals surface area contributed by atoms with Crippen LogP contribution in [-0.2, 0) is 22.8 Å². The fourth-order valence-corrected chi connectivity index (χ4v) is 3.11. The summed E-state index contributed by atoms with van der Waals surface area (Å²) in [4.78, 5) is 16.1. The number of hydroxylamine groups is 1. The number of benzene rings is 3. The van der Waals surface area contributed by atoms with Crippen LogP contribution in [0.3, 0.4) is 0 Å². The van der Waals surface area contributed by atoms with Gasteiger partial charge in [0.05, 0.1) is 25.8 Å². The van der Waals surface area contributed by atoms with Gasteiger partial charge in [-0.05, 0) is 39.9 Å². The molecule has 3 rings (SSSR count). The van der Waals surface area contributed by atoms with E-state index in [1.165, 1.54) is 0 Å². The minimum absolute atomic E-state index is 0.111. The zero-order valence-electron chi connectivity index (χ0n) is 18.1. The molecule has 0 aliphatic carbocycles. The molecule has 0 atom stereocenters. The average molecular weight is 433 g/mol. The maximum absolute atomic E-state index is 10.5. The first-order chi connectivity index (χ1) is 15.5. The minimum Gasteiger partial charge on any atom is -0.497 e. The van der Waals surface area contributed by atoms with E-state index in [1.54, 1.807) is 7.11 Å². The summed E-state index contributed by atoms with van der Waals surface area (Å²) < 4.78 is 5.29. The van der Waals surface area contributed by atoms with Crippen molar-refractivity contribution in [3.8, 4) is 16.9 Å². The highest BCUT2D eigenvalue weighted by Crippen LogP contribution is 2.24. The molecule has 0 amide bonds. The molecule has 3 aromatic carbocycles. The molecule has 166 valence electrons. The summed E-state index contributed by atoms with van der Waals surface area (Å²) in [6, 6.07) is 24.0. The quantitative estimate of drug-likeness (QED) is 0.286. The lowest BCUT2D eigenvalue weighted by molar-refractivity contribution is -0.136. The zero-order chi connectivity index (χ0) is 22.8. The van der Waals surface area contributed by atoms with Gasteiger partial charge in [-0.25, -0.2) is 0 Å². The number of carboxylic acids is 1. The summed E-state index contributed by atoms with van der Waals surface area (Å²) in [6.45, 7) is 5.49. The van der Waals surface area contributed by atoms with Gasteiger partial charge in [-0.2, -0.15) is 0 Å². The fourth-order valence-electron chi connectivity index (χ4n) is 3.11. The number of carbonyl (C=O) groups is 1. The molecule has 0 spiro atoms. The highest BCUT2D eigenvalue weighted by atomic mass is 16.6. The summed E-state index contributed by atoms with van der Waals surface area (Å²) in [6.07, 6.45) is 0.111. The Morgan fingerprint density at radius 1 is 0.969 bits per heavy atom. The van der Waals surface area contributed by atoms with Crippen LogP contribution < -0.4 is 15.5 Å². The first-order valence-electron chi connectivity index (χ1n) is 10.4. The second-order valence-corrected chi connectivity index (χ2v) is 7.32. The molecule has 0 saturated heterocycles. The monoisotopic (exact) mass is 432 g/mol. The molecular weight excluding hydrogens is 404 g/mol. The number of hydrogen-bond acceptors (Lipinski definition) is 5. The van der Waals surface area contributed by atoms with Crippen molar-refractivity contribution in [2.75, 3.05) is 13.7 Å². The van der Waals surface area contributed by atoms with Gasteiger partial charge in [-0.3, -0.25) is 15.1 Å². The van der Waals surface area contributed by atoms with E-state index in [1.807, 2.05) is 54.6 Å². The molecule has 32 heavy (non-hydrogen) atoms. The van der Waals surface area contributed by atoms with Crippen molar-refractivity contribution in [2.24, 2.45) is 0 Å². The molecule has 0 saturated carbocycles. The van der Waals surface area contributed by atoms with Gasteiger partial charge in [0.2, 0.25) is 0 Å². The normalized spacial score (nSPS) is 10.5. The van der Waals surface area contributed by atoms with Gasteiger partial charge >= 0.3 is 5.97 Å². The van der Waals surface area contributed by atoms with E-state index < -0.39 is 5.97 Å². The lowest BCUT2D eigenvalue weighted by Crippen LogP contribution is -2.17. The van der Waals surface area contributed by atoms with Gasteiger partial charge in [0, 0.05) is 13.1 Å². The Labute approximate surface area is 188 Å². The first kappa shape index (κ1) is 23.1. The predicted molar refractivity (Wildman–Crippen MR) is 126 cm³/mol. The van der Waals surface area contributed by atoms with E-state index in [0.717, 1.165) is 33.6 Å². The van der Waals surface area contributed by atoms with Crippen LogP contribution in [0.5, 0.6) is 5.75 Å². The maximum Gasteiger partial charge on any atom is 0.304 e. The van der Waals surface area contributed by atoms with Crippen molar-refractivity contribution >= 4 is 11.7 Å². The number of hydrogen-bond donors (Lipinski definition) is 3. The van der Waals surface area contributed by atoms with E-state index in [2.05, 4.69) is 35.6 Å². The van der Waals surface area contributed by atoms with E-state index in [0.29, 0.717) is 25.4 Å². The topological polar surface area (TPSA) is 79.8 Å². The van der Waals surface area contributed by atoms with Crippen LogP contribution in [0, 0.1) is 0 Å². The van der Waals surface area contributed by atoms with Gasteiger partial charge < -0.3 is 15.2 Å². The van der Waals surface area contributed by atoms with Crippen LogP contribution in [0.2, 0.25) is 0 Å². The summed E-state index contributed by atoms with van der Waals surface area (Å²) in [7, 11) is 1.66. The second-order valence-electron chi connectivity index (χ2n) is 7.32. The van der Waals surface area contributed by atoms with E-state index in [4.69, 9.17) is 14.7 Å². The van der Waals surface area contributed by atoms with E-state index >= 15 is 0 Å². The smallest absolute Gasteiger partial charge is 0.304 e. The predicted octanol–water partition coefficient (Wildman–Crippen LogP) is 4.62. The molecule has 0 fully saturated rings. The third-order valence-electron chi connectivity index (χ3n) is 4.94. The summed E-state index contributed by atoms with van der Waals surface area (Å²) in [5.41, 5.74) is 8.82. The van der Waals surface area contributed by atoms with Crippen molar-refractivity contribution in [3.05, 3.63) is 96.1 Å². The third-order valence-corrected chi connectivity index (χ3v) is 4.94. The standard InChI is InChI=1S/C26H28N2O4/c1-19(22-10-6-20(7-11-22)17-27-15-14-26(29)30)28-32-18-21-8-12-23(13-9-21)24-4-3-5-25(16-24)31-2/h3-13,16,27-28H,1,14-15,17-18H2,2H3,(H,29,30). The SMILES string of the molecule is C=C(NOCc1ccc(-c2cccc(OC)c2)cc1)c1ccc(CNCCC(=O)O)cc1. The van der Waals surface area contributed by atoms with Crippen molar-refractivity contribution < 1.29 is 19.5 Å². The largest absolute Gasteiger partial charge is 0.497 e. The molecule has 0 radical (unpaired) electrons. The fraction of sp³-hybridized carbons (Fsp3) is 0.192. The third kappa shape index (κ3) is 6.97. The van der Waals surface area contributed by atoms with Gasteiger partial charge in [0.25, 0.3) is 0 Å². The molecule has 0 aliphatic heterocycles. The Morgan fingerprint density at radius 2 is 1.69 bits per heavy atom. The Hall–Kier alpha value is -3.61. The number of rotatable bonds is 12. The Kier molecular flexibility index (Phi) is 8.43. The highest BCUT2D eigenvalue weighted by Gasteiger charge is 2.03. The van der Waals surface area contributed by atoms with Crippen LogP contribution in [0.1, 0.15) is 23.1 Å². The lowest BCUT2D eigenvalue weighted by Gasteiger charge is -2.11. The number of ether oxygens (including phenoxy) is 1.